The molecule has 1 amide bonds. The van der Waals surface area contributed by atoms with Crippen LogP contribution in [-0.2, 0) is 16.0 Å². The van der Waals surface area contributed by atoms with Crippen molar-refractivity contribution >= 4 is 22.8 Å². The van der Waals surface area contributed by atoms with Gasteiger partial charge in [-0.15, -0.1) is 0 Å². The molecule has 5 nitrogen and oxygen atoms in total. The minimum Gasteiger partial charge on any atom is -0.481 e. The molecule has 0 radical (unpaired) electrons. The minimum atomic E-state index is -0.714. The Kier molecular flexibility index (Phi) is 4.88. The summed E-state index contributed by atoms with van der Waals surface area (Å²) in [5, 5.41) is 13.3. The van der Waals surface area contributed by atoms with Crippen molar-refractivity contribution in [1.82, 2.24) is 10.3 Å². The van der Waals surface area contributed by atoms with Crippen molar-refractivity contribution in [2.24, 2.45) is 5.92 Å². The van der Waals surface area contributed by atoms with Crippen LogP contribution in [0.2, 0.25) is 0 Å². The zero-order chi connectivity index (χ0) is 17.1. The highest BCUT2D eigenvalue weighted by Gasteiger charge is 2.26. The molecule has 1 aromatic heterocycles. The topological polar surface area (TPSA) is 82.2 Å². The van der Waals surface area contributed by atoms with E-state index >= 15 is 0 Å². The van der Waals surface area contributed by atoms with E-state index < -0.39 is 5.97 Å². The molecular formula is C19H24N2O3. The first-order chi connectivity index (χ1) is 11.5. The second-order valence-corrected chi connectivity index (χ2v) is 6.82. The van der Waals surface area contributed by atoms with E-state index in [0.29, 0.717) is 25.7 Å². The molecule has 24 heavy (non-hydrogen) atoms. The van der Waals surface area contributed by atoms with Crippen LogP contribution < -0.4 is 5.32 Å². The Morgan fingerprint density at radius 1 is 1.25 bits per heavy atom. The number of aromatic nitrogens is 1. The highest BCUT2D eigenvalue weighted by Crippen LogP contribution is 2.25. The van der Waals surface area contributed by atoms with Crippen molar-refractivity contribution in [3.8, 4) is 0 Å². The van der Waals surface area contributed by atoms with Gasteiger partial charge >= 0.3 is 5.97 Å². The van der Waals surface area contributed by atoms with Crippen LogP contribution in [0.5, 0.6) is 0 Å². The van der Waals surface area contributed by atoms with Crippen molar-refractivity contribution in [3.05, 3.63) is 35.5 Å². The fourth-order valence-electron chi connectivity index (χ4n) is 3.53. The number of aryl methyl sites for hydroxylation is 2. The number of H-pyrrole nitrogens is 1. The van der Waals surface area contributed by atoms with Gasteiger partial charge in [-0.2, -0.15) is 0 Å². The third kappa shape index (κ3) is 3.78. The van der Waals surface area contributed by atoms with Crippen molar-refractivity contribution in [1.29, 1.82) is 0 Å². The second-order valence-electron chi connectivity index (χ2n) is 6.82. The lowest BCUT2D eigenvalue weighted by Gasteiger charge is -2.26. The third-order valence-electron chi connectivity index (χ3n) is 4.99. The molecular weight excluding hydrogens is 304 g/mol. The molecule has 1 aliphatic rings. The van der Waals surface area contributed by atoms with E-state index in [0.717, 1.165) is 18.4 Å². The summed E-state index contributed by atoms with van der Waals surface area (Å²) in [5.41, 5.74) is 3.48. The van der Waals surface area contributed by atoms with E-state index in [9.17, 15) is 9.59 Å². The van der Waals surface area contributed by atoms with Gasteiger partial charge in [0.15, 0.2) is 0 Å². The van der Waals surface area contributed by atoms with Crippen molar-refractivity contribution in [2.75, 3.05) is 0 Å². The van der Waals surface area contributed by atoms with Gasteiger partial charge in [-0.25, -0.2) is 0 Å². The number of carboxylic acids is 1. The molecule has 0 aliphatic heterocycles. The molecule has 0 saturated heterocycles. The average Bonchev–Trinajstić information content (AvgIpc) is 2.95. The monoisotopic (exact) mass is 328 g/mol. The molecule has 0 spiro atoms. The van der Waals surface area contributed by atoms with Crippen LogP contribution in [-0.4, -0.2) is 28.0 Å². The van der Waals surface area contributed by atoms with Crippen molar-refractivity contribution in [2.45, 2.75) is 51.5 Å². The largest absolute Gasteiger partial charge is 0.481 e. The Bertz CT molecular complexity index is 742. The molecule has 2 aromatic rings. The average molecular weight is 328 g/mol. The summed E-state index contributed by atoms with van der Waals surface area (Å²) in [6.45, 7) is 2.07. The Labute approximate surface area is 141 Å². The van der Waals surface area contributed by atoms with Crippen LogP contribution in [0, 0.1) is 12.8 Å². The summed E-state index contributed by atoms with van der Waals surface area (Å²) in [6.07, 6.45) is 5.98. The molecule has 0 bridgehead atoms. The van der Waals surface area contributed by atoms with Gasteiger partial charge in [0.1, 0.15) is 0 Å². The molecule has 3 rings (SSSR count). The number of carbonyl (C=O) groups is 2. The van der Waals surface area contributed by atoms with E-state index in [2.05, 4.69) is 35.4 Å². The maximum absolute atomic E-state index is 12.2. The van der Waals surface area contributed by atoms with Crippen LogP contribution in [0.3, 0.4) is 0 Å². The first kappa shape index (κ1) is 16.6. The molecule has 3 N–H and O–H groups in total. The van der Waals surface area contributed by atoms with Gasteiger partial charge in [-0.05, 0) is 56.7 Å². The molecule has 128 valence electrons. The normalized spacial score (nSPS) is 20.9. The maximum atomic E-state index is 12.2. The maximum Gasteiger partial charge on any atom is 0.306 e. The van der Waals surface area contributed by atoms with Crippen LogP contribution in [0.25, 0.3) is 10.9 Å². The predicted molar refractivity (Wildman–Crippen MR) is 92.9 cm³/mol. The lowest BCUT2D eigenvalue weighted by atomic mass is 9.86. The number of carboxylic acid groups (broad SMARTS) is 1. The molecule has 5 heteroatoms. The van der Waals surface area contributed by atoms with E-state index in [1.807, 2.05) is 6.20 Å². The fourth-order valence-corrected chi connectivity index (χ4v) is 3.53. The summed E-state index contributed by atoms with van der Waals surface area (Å²) >= 11 is 0. The molecule has 1 saturated carbocycles. The van der Waals surface area contributed by atoms with E-state index in [1.54, 1.807) is 0 Å². The quantitative estimate of drug-likeness (QED) is 0.788. The zero-order valence-corrected chi connectivity index (χ0v) is 14.0. The Morgan fingerprint density at radius 2 is 2.00 bits per heavy atom. The summed E-state index contributed by atoms with van der Waals surface area (Å²) in [4.78, 5) is 26.4. The van der Waals surface area contributed by atoms with Crippen molar-refractivity contribution < 1.29 is 14.7 Å². The molecule has 1 aliphatic carbocycles. The number of amides is 1. The lowest BCUT2D eigenvalue weighted by molar-refractivity contribution is -0.142. The zero-order valence-electron chi connectivity index (χ0n) is 14.0. The van der Waals surface area contributed by atoms with Gasteiger partial charge in [-0.3, -0.25) is 9.59 Å². The summed E-state index contributed by atoms with van der Waals surface area (Å²) in [7, 11) is 0. The highest BCUT2D eigenvalue weighted by atomic mass is 16.4. The third-order valence-corrected chi connectivity index (χ3v) is 4.99. The number of benzene rings is 1. The minimum absolute atomic E-state index is 0.0516. The number of aliphatic carboxylic acids is 1. The van der Waals surface area contributed by atoms with E-state index in [1.165, 1.54) is 16.5 Å². The van der Waals surface area contributed by atoms with Gasteiger partial charge in [0.2, 0.25) is 5.91 Å². The molecule has 0 unspecified atom stereocenters. The Balaban J connectivity index is 1.50. The number of carbonyl (C=O) groups excluding carboxylic acids is 1. The predicted octanol–water partition coefficient (Wildman–Crippen LogP) is 3.17. The Morgan fingerprint density at radius 3 is 2.71 bits per heavy atom. The number of hydrogen-bond acceptors (Lipinski definition) is 2. The van der Waals surface area contributed by atoms with Crippen molar-refractivity contribution in [3.63, 3.8) is 0 Å². The summed E-state index contributed by atoms with van der Waals surface area (Å²) in [5.74, 6) is -0.905. The van der Waals surface area contributed by atoms with E-state index in [4.69, 9.17) is 5.11 Å². The number of hydrogen-bond donors (Lipinski definition) is 3. The SMILES string of the molecule is Cc1ccc2[nH]cc(CCC(=O)NC3CCC(C(=O)O)CC3)c2c1. The molecule has 1 fully saturated rings. The van der Waals surface area contributed by atoms with Gasteiger partial charge in [0.25, 0.3) is 0 Å². The highest BCUT2D eigenvalue weighted by molar-refractivity contribution is 5.85. The summed E-state index contributed by atoms with van der Waals surface area (Å²) in [6, 6.07) is 6.41. The van der Waals surface area contributed by atoms with Crippen LogP contribution in [0.4, 0.5) is 0 Å². The van der Waals surface area contributed by atoms with Gasteiger partial charge < -0.3 is 15.4 Å². The standard InChI is InChI=1S/C19H24N2O3/c1-12-2-8-17-16(10-12)14(11-20-17)5-9-18(22)21-15-6-3-13(4-7-15)19(23)24/h2,8,10-11,13,15,20H,3-7,9H2,1H3,(H,21,22)(H,23,24). The molecule has 0 atom stereocenters. The first-order valence-corrected chi connectivity index (χ1v) is 8.61. The first-order valence-electron chi connectivity index (χ1n) is 8.61. The van der Waals surface area contributed by atoms with Crippen LogP contribution >= 0.6 is 0 Å². The molecule has 1 aromatic carbocycles. The van der Waals surface area contributed by atoms with Gasteiger partial charge in [0.05, 0.1) is 5.92 Å². The van der Waals surface area contributed by atoms with Crippen LogP contribution in [0.15, 0.2) is 24.4 Å². The number of fused-ring (bicyclic) bond motifs is 1. The van der Waals surface area contributed by atoms with E-state index in [-0.39, 0.29) is 17.9 Å². The summed E-state index contributed by atoms with van der Waals surface area (Å²) < 4.78 is 0. The number of aromatic amines is 1. The lowest BCUT2D eigenvalue weighted by Crippen LogP contribution is -2.38. The van der Waals surface area contributed by atoms with Gasteiger partial charge in [-0.1, -0.05) is 11.6 Å². The second kappa shape index (κ2) is 7.07. The Hall–Kier alpha value is -2.30. The number of rotatable bonds is 5. The smallest absolute Gasteiger partial charge is 0.306 e. The fraction of sp³-hybridized carbons (Fsp3) is 0.474. The van der Waals surface area contributed by atoms with Gasteiger partial charge in [0, 0.05) is 29.6 Å². The number of nitrogens with one attached hydrogen (secondary N) is 2. The molecule has 1 heterocycles. The van der Waals surface area contributed by atoms with Crippen LogP contribution in [0.1, 0.15) is 43.2 Å².